The molecule has 7 nitrogen and oxygen atoms in total. The molecule has 2 aliphatic heterocycles. The van der Waals surface area contributed by atoms with E-state index in [1.54, 1.807) is 0 Å². The Morgan fingerprint density at radius 3 is 2.56 bits per heavy atom. The van der Waals surface area contributed by atoms with E-state index in [0.717, 1.165) is 50.2 Å². The van der Waals surface area contributed by atoms with Gasteiger partial charge in [0.1, 0.15) is 5.60 Å². The van der Waals surface area contributed by atoms with Crippen molar-refractivity contribution in [1.82, 2.24) is 15.5 Å². The third kappa shape index (κ3) is 2.46. The van der Waals surface area contributed by atoms with Crippen LogP contribution in [-0.2, 0) is 21.3 Å². The fraction of sp³-hybridized carbons (Fsp3) is 0.833. The molecular weight excluding hydrogens is 322 g/mol. The molecule has 1 amide bonds. The van der Waals surface area contributed by atoms with E-state index < -0.39 is 11.7 Å². The van der Waals surface area contributed by atoms with Crippen LogP contribution in [0.1, 0.15) is 71.5 Å². The summed E-state index contributed by atoms with van der Waals surface area (Å²) in [6, 6.07) is 0. The summed E-state index contributed by atoms with van der Waals surface area (Å²) in [4.78, 5) is 16.6. The lowest BCUT2D eigenvalue weighted by Gasteiger charge is -2.48. The van der Waals surface area contributed by atoms with Gasteiger partial charge in [-0.2, -0.15) is 4.98 Å². The van der Waals surface area contributed by atoms with E-state index in [-0.39, 0.29) is 16.6 Å². The highest BCUT2D eigenvalue weighted by Gasteiger charge is 2.78. The molecule has 2 saturated heterocycles. The minimum Gasteiger partial charge on any atom is -0.444 e. The number of aryl methyl sites for hydroxylation is 1. The van der Waals surface area contributed by atoms with E-state index in [1.165, 1.54) is 0 Å². The van der Waals surface area contributed by atoms with E-state index in [2.05, 4.69) is 15.5 Å². The fourth-order valence-corrected chi connectivity index (χ4v) is 4.68. The maximum absolute atomic E-state index is 12.0. The van der Waals surface area contributed by atoms with Crippen LogP contribution in [0, 0.1) is 0 Å². The molecule has 0 aromatic carbocycles. The minimum absolute atomic E-state index is 0.179. The summed E-state index contributed by atoms with van der Waals surface area (Å²) in [6.45, 7) is 8.05. The molecule has 0 atom stereocenters. The second-order valence-electron chi connectivity index (χ2n) is 8.79. The van der Waals surface area contributed by atoms with Crippen LogP contribution in [0.15, 0.2) is 4.52 Å². The van der Waals surface area contributed by atoms with Gasteiger partial charge in [0.15, 0.2) is 5.82 Å². The van der Waals surface area contributed by atoms with Crippen LogP contribution in [0.4, 0.5) is 4.79 Å². The standard InChI is InChI=1S/C18H27N3O4/c1-5-12-20-13(24-21-12)17-9-16(10-17,25-18(17)7-6-8-18)11-19-14(22)23-15(2,3)4/h5-11H2,1-4H3,(H,19,22). The number of carbonyl (C=O) groups excluding carboxylic acids is 1. The normalized spacial score (nSPS) is 32.2. The Bertz CT molecular complexity index is 681. The lowest BCUT2D eigenvalue weighted by molar-refractivity contribution is -0.108. The number of nitrogens with zero attached hydrogens (tertiary/aromatic N) is 2. The van der Waals surface area contributed by atoms with Crippen molar-refractivity contribution < 1.29 is 18.8 Å². The molecule has 1 aromatic heterocycles. The molecule has 5 rings (SSSR count). The number of hydrogen-bond acceptors (Lipinski definition) is 6. The van der Waals surface area contributed by atoms with Crippen molar-refractivity contribution in [2.24, 2.45) is 0 Å². The Kier molecular flexibility index (Phi) is 3.49. The summed E-state index contributed by atoms with van der Waals surface area (Å²) in [6.07, 6.45) is 5.20. The van der Waals surface area contributed by atoms with Crippen molar-refractivity contribution in [3.05, 3.63) is 11.7 Å². The number of carbonyl (C=O) groups is 1. The van der Waals surface area contributed by atoms with Crippen LogP contribution in [-0.4, -0.2) is 39.6 Å². The predicted octanol–water partition coefficient (Wildman–Crippen LogP) is 2.88. The van der Waals surface area contributed by atoms with Crippen molar-refractivity contribution in [2.45, 2.75) is 88.4 Å². The van der Waals surface area contributed by atoms with Crippen molar-refractivity contribution in [1.29, 1.82) is 0 Å². The summed E-state index contributed by atoms with van der Waals surface area (Å²) in [5.74, 6) is 1.46. The average molecular weight is 349 g/mol. The third-order valence-corrected chi connectivity index (χ3v) is 5.84. The summed E-state index contributed by atoms with van der Waals surface area (Å²) >= 11 is 0. The molecule has 4 aliphatic rings. The Labute approximate surface area is 147 Å². The highest BCUT2D eigenvalue weighted by molar-refractivity contribution is 5.67. The molecule has 4 fully saturated rings. The van der Waals surface area contributed by atoms with Gasteiger partial charge in [-0.1, -0.05) is 12.1 Å². The SMILES string of the molecule is CCc1noc(C23CC(CNC(=O)OC(C)(C)C)(C2)OC32CCC2)n1. The largest absolute Gasteiger partial charge is 0.444 e. The summed E-state index contributed by atoms with van der Waals surface area (Å²) < 4.78 is 17.5. The van der Waals surface area contributed by atoms with Gasteiger partial charge in [-0.25, -0.2) is 4.79 Å². The van der Waals surface area contributed by atoms with Crippen LogP contribution >= 0.6 is 0 Å². The maximum atomic E-state index is 12.0. The smallest absolute Gasteiger partial charge is 0.407 e. The Morgan fingerprint density at radius 2 is 2.04 bits per heavy atom. The van der Waals surface area contributed by atoms with Crippen molar-refractivity contribution in [3.63, 3.8) is 0 Å². The first kappa shape index (κ1) is 16.8. The molecule has 3 heterocycles. The second-order valence-corrected chi connectivity index (χ2v) is 8.79. The van der Waals surface area contributed by atoms with Gasteiger partial charge in [-0.15, -0.1) is 0 Å². The molecule has 1 N–H and O–H groups in total. The monoisotopic (exact) mass is 349 g/mol. The van der Waals surface area contributed by atoms with Crippen LogP contribution in [0.25, 0.3) is 0 Å². The number of aromatic nitrogens is 2. The Hall–Kier alpha value is -1.63. The van der Waals surface area contributed by atoms with Gasteiger partial charge in [-0.3, -0.25) is 0 Å². The van der Waals surface area contributed by atoms with Crippen molar-refractivity contribution >= 4 is 6.09 Å². The third-order valence-electron chi connectivity index (χ3n) is 5.84. The van der Waals surface area contributed by atoms with Gasteiger partial charge in [-0.05, 0) is 52.9 Å². The van der Waals surface area contributed by atoms with Crippen LogP contribution < -0.4 is 5.32 Å². The molecule has 0 unspecified atom stereocenters. The summed E-state index contributed by atoms with van der Waals surface area (Å²) in [7, 11) is 0. The molecule has 1 aromatic rings. The molecule has 7 heteroatoms. The second kappa shape index (κ2) is 5.19. The first-order chi connectivity index (χ1) is 11.7. The lowest BCUT2D eigenvalue weighted by atomic mass is 9.51. The molecule has 1 spiro atoms. The van der Waals surface area contributed by atoms with Gasteiger partial charge >= 0.3 is 6.09 Å². The zero-order valence-corrected chi connectivity index (χ0v) is 15.5. The van der Waals surface area contributed by atoms with E-state index in [4.69, 9.17) is 14.0 Å². The summed E-state index contributed by atoms with van der Waals surface area (Å²) in [5.41, 5.74) is -1.21. The highest BCUT2D eigenvalue weighted by Crippen LogP contribution is 2.71. The lowest BCUT2D eigenvalue weighted by Crippen LogP contribution is -2.58. The van der Waals surface area contributed by atoms with E-state index in [1.807, 2.05) is 27.7 Å². The fourth-order valence-electron chi connectivity index (χ4n) is 4.68. The number of alkyl carbamates (subject to hydrolysis) is 1. The predicted molar refractivity (Wildman–Crippen MR) is 89.2 cm³/mol. The van der Waals surface area contributed by atoms with Crippen LogP contribution in [0.3, 0.4) is 0 Å². The molecule has 25 heavy (non-hydrogen) atoms. The van der Waals surface area contributed by atoms with E-state index >= 15 is 0 Å². The average Bonchev–Trinajstić information content (AvgIpc) is 3.10. The summed E-state index contributed by atoms with van der Waals surface area (Å²) in [5, 5.41) is 6.96. The minimum atomic E-state index is -0.503. The number of nitrogens with one attached hydrogen (secondary N) is 1. The quantitative estimate of drug-likeness (QED) is 0.899. The molecule has 0 radical (unpaired) electrons. The number of hydrogen-bond donors (Lipinski definition) is 1. The zero-order chi connectivity index (χ0) is 17.9. The molecule has 2 bridgehead atoms. The van der Waals surface area contributed by atoms with E-state index in [9.17, 15) is 4.79 Å². The number of amides is 1. The number of ether oxygens (including phenoxy) is 2. The first-order valence-corrected chi connectivity index (χ1v) is 9.22. The first-order valence-electron chi connectivity index (χ1n) is 9.22. The van der Waals surface area contributed by atoms with Crippen LogP contribution in [0.5, 0.6) is 0 Å². The number of rotatable bonds is 4. The Morgan fingerprint density at radius 1 is 1.32 bits per heavy atom. The molecule has 138 valence electrons. The van der Waals surface area contributed by atoms with Gasteiger partial charge in [0, 0.05) is 6.42 Å². The maximum Gasteiger partial charge on any atom is 0.407 e. The molecule has 2 saturated carbocycles. The molecular formula is C18H27N3O4. The topological polar surface area (TPSA) is 86.5 Å². The van der Waals surface area contributed by atoms with Gasteiger partial charge in [0.25, 0.3) is 0 Å². The van der Waals surface area contributed by atoms with Gasteiger partial charge in [0.2, 0.25) is 5.89 Å². The van der Waals surface area contributed by atoms with Gasteiger partial charge < -0.3 is 19.3 Å². The van der Waals surface area contributed by atoms with Gasteiger partial charge in [0.05, 0.1) is 23.2 Å². The van der Waals surface area contributed by atoms with Crippen molar-refractivity contribution in [3.8, 4) is 0 Å². The zero-order valence-electron chi connectivity index (χ0n) is 15.5. The highest BCUT2D eigenvalue weighted by atomic mass is 16.6. The Balaban J connectivity index is 1.48. The van der Waals surface area contributed by atoms with Crippen LogP contribution in [0.2, 0.25) is 0 Å². The molecule has 2 aliphatic carbocycles. The van der Waals surface area contributed by atoms with Crippen molar-refractivity contribution in [2.75, 3.05) is 6.54 Å². The van der Waals surface area contributed by atoms with E-state index in [0.29, 0.717) is 6.54 Å².